The van der Waals surface area contributed by atoms with E-state index in [0.29, 0.717) is 10.7 Å². The average molecular weight is 538 g/mol. The van der Waals surface area contributed by atoms with Crippen LogP contribution in [0.4, 0.5) is 5.69 Å². The van der Waals surface area contributed by atoms with E-state index in [1.165, 1.54) is 18.2 Å². The SMILES string of the molecule is O=C1CC(N(CCc2cccc(Cl)c2)S(=O)(=O)c2cc(Cl)ccc2Cl)C(=O)N1c1ccccc1. The molecule has 3 aromatic rings. The van der Waals surface area contributed by atoms with Crippen LogP contribution in [-0.4, -0.2) is 37.1 Å². The Hall–Kier alpha value is -2.42. The zero-order valence-electron chi connectivity index (χ0n) is 17.7. The Morgan fingerprint density at radius 1 is 0.882 bits per heavy atom. The number of rotatable bonds is 7. The van der Waals surface area contributed by atoms with E-state index >= 15 is 0 Å². The molecule has 176 valence electrons. The van der Waals surface area contributed by atoms with Crippen LogP contribution in [0, 0.1) is 0 Å². The summed E-state index contributed by atoms with van der Waals surface area (Å²) in [6.45, 7) is -0.0716. The predicted octanol–water partition coefficient (Wildman–Crippen LogP) is 5.21. The lowest BCUT2D eigenvalue weighted by atomic mass is 10.1. The second kappa shape index (κ2) is 10.1. The van der Waals surface area contributed by atoms with Crippen molar-refractivity contribution < 1.29 is 18.0 Å². The second-order valence-electron chi connectivity index (χ2n) is 7.69. The number of hydrogen-bond donors (Lipinski definition) is 0. The molecule has 0 N–H and O–H groups in total. The van der Waals surface area contributed by atoms with Gasteiger partial charge in [0.25, 0.3) is 5.91 Å². The Morgan fingerprint density at radius 2 is 1.59 bits per heavy atom. The summed E-state index contributed by atoms with van der Waals surface area (Å²) in [4.78, 5) is 27.0. The van der Waals surface area contributed by atoms with Crippen LogP contribution in [0.3, 0.4) is 0 Å². The minimum atomic E-state index is -4.30. The van der Waals surface area contributed by atoms with Gasteiger partial charge in [-0.2, -0.15) is 4.31 Å². The highest BCUT2D eigenvalue weighted by atomic mass is 35.5. The smallest absolute Gasteiger partial charge is 0.252 e. The van der Waals surface area contributed by atoms with E-state index in [0.717, 1.165) is 14.8 Å². The monoisotopic (exact) mass is 536 g/mol. The number of sulfonamides is 1. The topological polar surface area (TPSA) is 74.8 Å². The average Bonchev–Trinajstić information content (AvgIpc) is 3.09. The maximum Gasteiger partial charge on any atom is 0.252 e. The van der Waals surface area contributed by atoms with Crippen LogP contribution in [0.1, 0.15) is 12.0 Å². The highest BCUT2D eigenvalue weighted by molar-refractivity contribution is 7.89. The van der Waals surface area contributed by atoms with Gasteiger partial charge in [-0.1, -0.05) is 65.1 Å². The standard InChI is InChI=1S/C24H19Cl3N2O4S/c25-17-6-4-5-16(13-17)11-12-28(34(32,33)22-14-18(26)9-10-20(22)27)21-15-23(30)29(24(21)31)19-7-2-1-3-8-19/h1-10,13-14,21H,11-12,15H2. The van der Waals surface area contributed by atoms with Crippen LogP contribution in [-0.2, 0) is 26.0 Å². The molecule has 1 fully saturated rings. The molecule has 0 saturated carbocycles. The van der Waals surface area contributed by atoms with Gasteiger partial charge < -0.3 is 0 Å². The van der Waals surface area contributed by atoms with Crippen LogP contribution in [0.15, 0.2) is 77.7 Å². The molecule has 1 aliphatic heterocycles. The molecule has 1 atom stereocenters. The highest BCUT2D eigenvalue weighted by Crippen LogP contribution is 2.33. The second-order valence-corrected chi connectivity index (χ2v) is 10.8. The lowest BCUT2D eigenvalue weighted by molar-refractivity contribution is -0.122. The number of imide groups is 1. The summed E-state index contributed by atoms with van der Waals surface area (Å²) in [5.41, 5.74) is 1.16. The van der Waals surface area contributed by atoms with Crippen molar-refractivity contribution in [2.75, 3.05) is 11.4 Å². The number of carbonyl (C=O) groups excluding carboxylic acids is 2. The van der Waals surface area contributed by atoms with Crippen molar-refractivity contribution in [3.8, 4) is 0 Å². The largest absolute Gasteiger partial charge is 0.274 e. The van der Waals surface area contributed by atoms with E-state index in [9.17, 15) is 18.0 Å². The van der Waals surface area contributed by atoms with Crippen LogP contribution in [0.2, 0.25) is 15.1 Å². The van der Waals surface area contributed by atoms with Gasteiger partial charge in [-0.3, -0.25) is 9.59 Å². The Balaban J connectivity index is 1.74. The Kier molecular flexibility index (Phi) is 7.31. The number of anilines is 1. The van der Waals surface area contributed by atoms with Crippen LogP contribution < -0.4 is 4.90 Å². The Bertz CT molecular complexity index is 1350. The van der Waals surface area contributed by atoms with Crippen LogP contribution >= 0.6 is 34.8 Å². The third-order valence-electron chi connectivity index (χ3n) is 5.47. The molecule has 0 aromatic heterocycles. The summed E-state index contributed by atoms with van der Waals surface area (Å²) >= 11 is 18.3. The van der Waals surface area contributed by atoms with Gasteiger partial charge >= 0.3 is 0 Å². The van der Waals surface area contributed by atoms with Gasteiger partial charge in [0.05, 0.1) is 17.1 Å². The fourth-order valence-electron chi connectivity index (χ4n) is 3.87. The first-order valence-corrected chi connectivity index (χ1v) is 12.9. The van der Waals surface area contributed by atoms with Gasteiger partial charge in [0.15, 0.2) is 0 Å². The van der Waals surface area contributed by atoms with E-state index in [4.69, 9.17) is 34.8 Å². The lowest BCUT2D eigenvalue weighted by Gasteiger charge is -2.27. The molecule has 0 radical (unpaired) electrons. The van der Waals surface area contributed by atoms with Crippen molar-refractivity contribution in [2.24, 2.45) is 0 Å². The van der Waals surface area contributed by atoms with Gasteiger partial charge in [-0.25, -0.2) is 13.3 Å². The minimum absolute atomic E-state index is 0.0335. The molecule has 1 heterocycles. The molecule has 0 bridgehead atoms. The molecule has 2 amide bonds. The maximum absolute atomic E-state index is 13.8. The van der Waals surface area contributed by atoms with Gasteiger partial charge in [0.1, 0.15) is 10.9 Å². The first-order chi connectivity index (χ1) is 16.2. The van der Waals surface area contributed by atoms with Gasteiger partial charge in [-0.15, -0.1) is 0 Å². The van der Waals surface area contributed by atoms with Crippen molar-refractivity contribution >= 4 is 62.3 Å². The summed E-state index contributed by atoms with van der Waals surface area (Å²) in [6, 6.07) is 18.2. The van der Waals surface area contributed by atoms with Crippen LogP contribution in [0.25, 0.3) is 0 Å². The van der Waals surface area contributed by atoms with Gasteiger partial charge in [0, 0.05) is 16.6 Å². The quantitative estimate of drug-likeness (QED) is 0.388. The van der Waals surface area contributed by atoms with Gasteiger partial charge in [0.2, 0.25) is 15.9 Å². The fraction of sp³-hybridized carbons (Fsp3) is 0.167. The van der Waals surface area contributed by atoms with Crippen molar-refractivity contribution in [2.45, 2.75) is 23.8 Å². The Labute approximate surface area is 212 Å². The van der Waals surface area contributed by atoms with E-state index in [1.54, 1.807) is 54.6 Å². The third-order valence-corrected chi connectivity index (χ3v) is 8.33. The summed E-state index contributed by atoms with van der Waals surface area (Å²) in [5, 5.41) is 0.651. The third kappa shape index (κ3) is 4.99. The molecule has 34 heavy (non-hydrogen) atoms. The first kappa shape index (κ1) is 24.7. The summed E-state index contributed by atoms with van der Waals surface area (Å²) in [7, 11) is -4.30. The lowest BCUT2D eigenvalue weighted by Crippen LogP contribution is -2.46. The van der Waals surface area contributed by atoms with E-state index in [2.05, 4.69) is 0 Å². The number of nitrogens with zero attached hydrogens (tertiary/aromatic N) is 2. The molecule has 6 nitrogen and oxygen atoms in total. The van der Waals surface area contributed by atoms with Crippen LogP contribution in [0.5, 0.6) is 0 Å². The van der Waals surface area contributed by atoms with Crippen molar-refractivity contribution in [1.82, 2.24) is 4.31 Å². The van der Waals surface area contributed by atoms with Crippen molar-refractivity contribution in [3.63, 3.8) is 0 Å². The molecule has 10 heteroatoms. The number of halogens is 3. The predicted molar refractivity (Wildman–Crippen MR) is 133 cm³/mol. The Morgan fingerprint density at radius 3 is 2.29 bits per heavy atom. The molecule has 1 unspecified atom stereocenters. The molecular weight excluding hydrogens is 519 g/mol. The molecule has 1 saturated heterocycles. The summed E-state index contributed by atoms with van der Waals surface area (Å²) in [5.74, 6) is -1.11. The number of benzene rings is 3. The molecule has 0 aliphatic carbocycles. The first-order valence-electron chi connectivity index (χ1n) is 10.3. The van der Waals surface area contributed by atoms with Crippen molar-refractivity contribution in [1.29, 1.82) is 0 Å². The van der Waals surface area contributed by atoms with E-state index in [1.807, 2.05) is 0 Å². The van der Waals surface area contributed by atoms with Gasteiger partial charge in [-0.05, 0) is 54.4 Å². The summed E-state index contributed by atoms with van der Waals surface area (Å²) in [6.07, 6.45) is -0.0258. The zero-order valence-corrected chi connectivity index (χ0v) is 20.8. The van der Waals surface area contributed by atoms with Crippen molar-refractivity contribution in [3.05, 3.63) is 93.4 Å². The number of carbonyl (C=O) groups is 2. The number of para-hydroxylation sites is 1. The van der Waals surface area contributed by atoms with E-state index in [-0.39, 0.29) is 34.3 Å². The van der Waals surface area contributed by atoms with E-state index < -0.39 is 27.9 Å². The number of hydrogen-bond acceptors (Lipinski definition) is 4. The molecule has 1 aliphatic rings. The molecule has 4 rings (SSSR count). The minimum Gasteiger partial charge on any atom is -0.274 e. The maximum atomic E-state index is 13.8. The molecule has 3 aromatic carbocycles. The fourth-order valence-corrected chi connectivity index (χ4v) is 6.40. The summed E-state index contributed by atoms with van der Waals surface area (Å²) < 4.78 is 28.5. The highest BCUT2D eigenvalue weighted by Gasteiger charge is 2.47. The zero-order chi connectivity index (χ0) is 24.5. The number of amides is 2. The molecule has 0 spiro atoms. The molecular formula is C24H19Cl3N2O4S. The normalized spacial score (nSPS) is 16.5.